The molecule has 2 unspecified atom stereocenters. The molecule has 1 aliphatic heterocycles. The molecule has 2 nitrogen and oxygen atoms in total. The fraction of sp³-hybridized carbons (Fsp3) is 0.625. The van der Waals surface area contributed by atoms with E-state index in [1.165, 1.54) is 31.2 Å². The Bertz CT molecular complexity index is 383. The first-order valence-electron chi connectivity index (χ1n) is 7.29. The van der Waals surface area contributed by atoms with Crippen LogP contribution >= 0.6 is 0 Å². The van der Waals surface area contributed by atoms with Crippen molar-refractivity contribution in [2.45, 2.75) is 56.8 Å². The van der Waals surface area contributed by atoms with E-state index in [9.17, 15) is 0 Å². The fourth-order valence-electron chi connectivity index (χ4n) is 3.43. The molecular weight excluding hydrogens is 222 g/mol. The maximum atomic E-state index is 6.56. The first-order valence-corrected chi connectivity index (χ1v) is 7.29. The summed E-state index contributed by atoms with van der Waals surface area (Å²) in [5.41, 5.74) is 1.44. The summed E-state index contributed by atoms with van der Waals surface area (Å²) in [5.74, 6) is 0. The molecule has 0 amide bonds. The second-order valence-electron chi connectivity index (χ2n) is 5.73. The van der Waals surface area contributed by atoms with Crippen molar-refractivity contribution in [3.63, 3.8) is 0 Å². The summed E-state index contributed by atoms with van der Waals surface area (Å²) >= 11 is 0. The summed E-state index contributed by atoms with van der Waals surface area (Å²) in [6.45, 7) is 3.28. The Hall–Kier alpha value is -0.860. The number of rotatable bonds is 2. The molecule has 0 bridgehead atoms. The van der Waals surface area contributed by atoms with Gasteiger partial charge >= 0.3 is 0 Å². The number of hydrogen-bond donors (Lipinski definition) is 1. The molecule has 2 heteroatoms. The molecule has 1 aliphatic carbocycles. The van der Waals surface area contributed by atoms with Crippen molar-refractivity contribution in [1.82, 2.24) is 5.32 Å². The first kappa shape index (κ1) is 12.2. The minimum Gasteiger partial charge on any atom is -0.364 e. The first-order chi connectivity index (χ1) is 8.83. The van der Waals surface area contributed by atoms with Crippen LogP contribution in [0.4, 0.5) is 0 Å². The maximum Gasteiger partial charge on any atom is 0.0985 e. The third kappa shape index (κ3) is 2.19. The van der Waals surface area contributed by atoms with Crippen LogP contribution in [0.1, 0.15) is 50.7 Å². The molecule has 3 rings (SSSR count). The molecule has 0 aromatic heterocycles. The van der Waals surface area contributed by atoms with Crippen molar-refractivity contribution in [3.8, 4) is 0 Å². The second kappa shape index (κ2) is 5.02. The SMILES string of the molecule is CCC1NCC2(CCCC2)OC1c1ccccc1. The zero-order valence-corrected chi connectivity index (χ0v) is 11.2. The van der Waals surface area contributed by atoms with Crippen molar-refractivity contribution in [1.29, 1.82) is 0 Å². The lowest BCUT2D eigenvalue weighted by molar-refractivity contribution is -0.134. The fourth-order valence-corrected chi connectivity index (χ4v) is 3.43. The van der Waals surface area contributed by atoms with E-state index in [4.69, 9.17) is 4.74 Å². The topological polar surface area (TPSA) is 21.3 Å². The molecule has 0 radical (unpaired) electrons. The van der Waals surface area contributed by atoms with Gasteiger partial charge in [-0.3, -0.25) is 0 Å². The average molecular weight is 245 g/mol. The van der Waals surface area contributed by atoms with E-state index < -0.39 is 0 Å². The van der Waals surface area contributed by atoms with Gasteiger partial charge in [-0.1, -0.05) is 50.1 Å². The van der Waals surface area contributed by atoms with Gasteiger partial charge in [-0.05, 0) is 24.8 Å². The smallest absolute Gasteiger partial charge is 0.0985 e. The Morgan fingerprint density at radius 3 is 2.61 bits per heavy atom. The van der Waals surface area contributed by atoms with Crippen LogP contribution in [-0.4, -0.2) is 18.2 Å². The third-order valence-electron chi connectivity index (χ3n) is 4.51. The summed E-state index contributed by atoms with van der Waals surface area (Å²) in [6.07, 6.45) is 6.43. The highest BCUT2D eigenvalue weighted by Gasteiger charge is 2.43. The summed E-state index contributed by atoms with van der Waals surface area (Å²) in [7, 11) is 0. The standard InChI is InChI=1S/C16H23NO/c1-2-14-15(13-8-4-3-5-9-13)18-16(12-17-14)10-6-7-11-16/h3-5,8-9,14-15,17H,2,6-7,10-12H2,1H3. The van der Waals surface area contributed by atoms with Crippen LogP contribution in [0.25, 0.3) is 0 Å². The zero-order valence-electron chi connectivity index (χ0n) is 11.2. The molecule has 2 aliphatic rings. The number of nitrogens with one attached hydrogen (secondary N) is 1. The lowest BCUT2D eigenvalue weighted by atomic mass is 9.92. The van der Waals surface area contributed by atoms with Gasteiger partial charge in [-0.15, -0.1) is 0 Å². The van der Waals surface area contributed by atoms with Gasteiger partial charge in [0.05, 0.1) is 11.7 Å². The van der Waals surface area contributed by atoms with Crippen LogP contribution in [0, 0.1) is 0 Å². The van der Waals surface area contributed by atoms with Gasteiger partial charge in [-0.2, -0.15) is 0 Å². The van der Waals surface area contributed by atoms with Gasteiger partial charge in [0.1, 0.15) is 0 Å². The molecule has 2 atom stereocenters. The van der Waals surface area contributed by atoms with Gasteiger partial charge in [-0.25, -0.2) is 0 Å². The van der Waals surface area contributed by atoms with E-state index >= 15 is 0 Å². The second-order valence-corrected chi connectivity index (χ2v) is 5.73. The number of morpholine rings is 1. The molecule has 1 saturated heterocycles. The van der Waals surface area contributed by atoms with Crippen LogP contribution in [-0.2, 0) is 4.74 Å². The molecule has 1 saturated carbocycles. The third-order valence-corrected chi connectivity index (χ3v) is 4.51. The van der Waals surface area contributed by atoms with Crippen molar-refractivity contribution in [2.75, 3.05) is 6.54 Å². The number of ether oxygens (including phenoxy) is 1. The van der Waals surface area contributed by atoms with E-state index in [1.54, 1.807) is 0 Å². The van der Waals surface area contributed by atoms with E-state index in [0.717, 1.165) is 13.0 Å². The Morgan fingerprint density at radius 2 is 1.94 bits per heavy atom. The lowest BCUT2D eigenvalue weighted by Gasteiger charge is -2.44. The molecule has 1 spiro atoms. The predicted octanol–water partition coefficient (Wildman–Crippen LogP) is 3.44. The molecule has 1 aromatic rings. The number of hydrogen-bond acceptors (Lipinski definition) is 2. The van der Waals surface area contributed by atoms with Crippen LogP contribution in [0.15, 0.2) is 30.3 Å². The van der Waals surface area contributed by atoms with Gasteiger partial charge in [0, 0.05) is 12.6 Å². The van der Waals surface area contributed by atoms with Crippen LogP contribution in [0.5, 0.6) is 0 Å². The van der Waals surface area contributed by atoms with Crippen molar-refractivity contribution >= 4 is 0 Å². The van der Waals surface area contributed by atoms with Gasteiger partial charge in [0.2, 0.25) is 0 Å². The predicted molar refractivity (Wildman–Crippen MR) is 73.5 cm³/mol. The molecule has 1 heterocycles. The highest BCUT2D eigenvalue weighted by Crippen LogP contribution is 2.41. The van der Waals surface area contributed by atoms with E-state index in [2.05, 4.69) is 42.6 Å². The van der Waals surface area contributed by atoms with Crippen LogP contribution in [0.3, 0.4) is 0 Å². The summed E-state index contributed by atoms with van der Waals surface area (Å²) in [4.78, 5) is 0. The normalized spacial score (nSPS) is 30.7. The van der Waals surface area contributed by atoms with Gasteiger partial charge in [0.15, 0.2) is 0 Å². The van der Waals surface area contributed by atoms with Crippen molar-refractivity contribution < 1.29 is 4.74 Å². The Morgan fingerprint density at radius 1 is 1.22 bits per heavy atom. The average Bonchev–Trinajstić information content (AvgIpc) is 2.88. The summed E-state index contributed by atoms with van der Waals surface area (Å²) < 4.78 is 6.56. The molecule has 98 valence electrons. The highest BCUT2D eigenvalue weighted by atomic mass is 16.5. The minimum absolute atomic E-state index is 0.117. The monoisotopic (exact) mass is 245 g/mol. The summed E-state index contributed by atoms with van der Waals surface area (Å²) in [6, 6.07) is 11.2. The molecule has 1 aromatic carbocycles. The number of benzene rings is 1. The van der Waals surface area contributed by atoms with E-state index in [0.29, 0.717) is 6.04 Å². The molecule has 2 fully saturated rings. The largest absolute Gasteiger partial charge is 0.364 e. The van der Waals surface area contributed by atoms with Crippen molar-refractivity contribution in [3.05, 3.63) is 35.9 Å². The van der Waals surface area contributed by atoms with Crippen molar-refractivity contribution in [2.24, 2.45) is 0 Å². The quantitative estimate of drug-likeness (QED) is 0.862. The highest BCUT2D eigenvalue weighted by molar-refractivity contribution is 5.20. The van der Waals surface area contributed by atoms with Crippen LogP contribution < -0.4 is 5.32 Å². The van der Waals surface area contributed by atoms with Crippen LogP contribution in [0.2, 0.25) is 0 Å². The van der Waals surface area contributed by atoms with E-state index in [1.807, 2.05) is 0 Å². The Kier molecular flexibility index (Phi) is 3.40. The summed E-state index contributed by atoms with van der Waals surface area (Å²) in [5, 5.41) is 3.73. The van der Waals surface area contributed by atoms with Gasteiger partial charge in [0.25, 0.3) is 0 Å². The molecule has 1 N–H and O–H groups in total. The minimum atomic E-state index is 0.117. The maximum absolute atomic E-state index is 6.56. The Labute approximate surface area is 110 Å². The molecular formula is C16H23NO. The Balaban J connectivity index is 1.84. The van der Waals surface area contributed by atoms with E-state index in [-0.39, 0.29) is 11.7 Å². The van der Waals surface area contributed by atoms with Gasteiger partial charge < -0.3 is 10.1 Å². The zero-order chi connectivity index (χ0) is 12.4. The molecule has 18 heavy (non-hydrogen) atoms. The lowest BCUT2D eigenvalue weighted by Crippen LogP contribution is -2.54.